The van der Waals surface area contributed by atoms with Gasteiger partial charge in [-0.05, 0) is 37.6 Å². The number of hydrogen-bond acceptors (Lipinski definition) is 4. The van der Waals surface area contributed by atoms with Crippen LogP contribution in [-0.4, -0.2) is 22.1 Å². The van der Waals surface area contributed by atoms with Crippen molar-refractivity contribution in [2.75, 3.05) is 12.8 Å². The molecule has 5 nitrogen and oxygen atoms in total. The van der Waals surface area contributed by atoms with Crippen LogP contribution in [0.4, 0.5) is 5.82 Å². The fourth-order valence-electron chi connectivity index (χ4n) is 2.49. The summed E-state index contributed by atoms with van der Waals surface area (Å²) in [5.74, 6) is 1.28. The van der Waals surface area contributed by atoms with Gasteiger partial charge in [0.05, 0.1) is 12.8 Å². The smallest absolute Gasteiger partial charge is 0.155 e. The summed E-state index contributed by atoms with van der Waals surface area (Å²) in [6, 6.07) is 13.8. The highest BCUT2D eigenvalue weighted by atomic mass is 16.5. The number of hydrogen-bond donors (Lipinski definition) is 1. The normalized spacial score (nSPS) is 10.7. The summed E-state index contributed by atoms with van der Waals surface area (Å²) in [6.07, 6.45) is 0. The first-order chi connectivity index (χ1) is 10.6. The van der Waals surface area contributed by atoms with E-state index in [1.807, 2.05) is 43.3 Å². The molecule has 0 fully saturated rings. The van der Waals surface area contributed by atoms with Gasteiger partial charge in [-0.3, -0.25) is 0 Å². The summed E-state index contributed by atoms with van der Waals surface area (Å²) in [7, 11) is 1.63. The quantitative estimate of drug-likeness (QED) is 0.806. The van der Waals surface area contributed by atoms with E-state index in [1.54, 1.807) is 11.8 Å². The number of nitrogen functional groups attached to an aromatic ring is 1. The number of rotatable bonds is 3. The maximum absolute atomic E-state index is 6.26. The van der Waals surface area contributed by atoms with Crippen molar-refractivity contribution in [3.8, 4) is 22.7 Å². The molecule has 0 radical (unpaired) electrons. The third-order valence-electron chi connectivity index (χ3n) is 3.63. The van der Waals surface area contributed by atoms with Crippen molar-refractivity contribution in [2.45, 2.75) is 13.8 Å². The van der Waals surface area contributed by atoms with Crippen LogP contribution in [0.5, 0.6) is 5.75 Å². The van der Waals surface area contributed by atoms with Crippen LogP contribution >= 0.6 is 0 Å². The molecule has 5 heteroatoms. The monoisotopic (exact) mass is 294 g/mol. The van der Waals surface area contributed by atoms with E-state index in [1.165, 1.54) is 5.56 Å². The summed E-state index contributed by atoms with van der Waals surface area (Å²) in [6.45, 7) is 4.10. The molecule has 0 spiro atoms. The Morgan fingerprint density at radius 2 is 1.91 bits per heavy atom. The number of anilines is 1. The molecule has 22 heavy (non-hydrogen) atoms. The number of aromatic nitrogens is 3. The largest absolute Gasteiger partial charge is 0.497 e. The minimum Gasteiger partial charge on any atom is -0.497 e. The molecule has 0 bridgehead atoms. The first-order valence-corrected chi connectivity index (χ1v) is 7.03. The van der Waals surface area contributed by atoms with Gasteiger partial charge in [0.2, 0.25) is 0 Å². The van der Waals surface area contributed by atoms with Crippen molar-refractivity contribution < 1.29 is 4.74 Å². The first kappa shape index (κ1) is 14.1. The Morgan fingerprint density at radius 1 is 1.09 bits per heavy atom. The minimum atomic E-state index is 0.514. The molecule has 1 aromatic heterocycles. The van der Waals surface area contributed by atoms with Crippen molar-refractivity contribution in [1.29, 1.82) is 0 Å². The van der Waals surface area contributed by atoms with E-state index in [4.69, 9.17) is 10.5 Å². The molecule has 3 rings (SSSR count). The highest BCUT2D eigenvalue weighted by Gasteiger charge is 2.14. The number of ether oxygens (including phenoxy) is 1. The average Bonchev–Trinajstić information content (AvgIpc) is 2.89. The summed E-state index contributed by atoms with van der Waals surface area (Å²) in [5, 5.41) is 8.44. The summed E-state index contributed by atoms with van der Waals surface area (Å²) in [4.78, 5) is 0. The van der Waals surface area contributed by atoms with Gasteiger partial charge >= 0.3 is 0 Å². The molecular weight excluding hydrogens is 276 g/mol. The maximum Gasteiger partial charge on any atom is 0.155 e. The van der Waals surface area contributed by atoms with Crippen LogP contribution in [0.1, 0.15) is 11.1 Å². The van der Waals surface area contributed by atoms with Crippen LogP contribution in [0.15, 0.2) is 42.5 Å². The van der Waals surface area contributed by atoms with Crippen LogP contribution in [0.2, 0.25) is 0 Å². The molecule has 0 aliphatic heterocycles. The average molecular weight is 294 g/mol. The van der Waals surface area contributed by atoms with Gasteiger partial charge < -0.3 is 10.5 Å². The second-order valence-corrected chi connectivity index (χ2v) is 5.26. The van der Waals surface area contributed by atoms with Crippen molar-refractivity contribution in [3.63, 3.8) is 0 Å². The molecule has 0 aliphatic rings. The van der Waals surface area contributed by atoms with Crippen LogP contribution in [0.3, 0.4) is 0 Å². The SMILES string of the molecule is COc1cccc(-c2nnn(-c3ccc(C)cc3C)c2N)c1. The summed E-state index contributed by atoms with van der Waals surface area (Å²) < 4.78 is 6.91. The maximum atomic E-state index is 6.26. The van der Waals surface area contributed by atoms with Gasteiger partial charge in [-0.1, -0.05) is 35.0 Å². The molecular formula is C17H18N4O. The molecule has 2 N–H and O–H groups in total. The lowest BCUT2D eigenvalue weighted by Gasteiger charge is -2.08. The van der Waals surface area contributed by atoms with E-state index < -0.39 is 0 Å². The Hall–Kier alpha value is -2.82. The minimum absolute atomic E-state index is 0.514. The Balaban J connectivity index is 2.08. The fourth-order valence-corrected chi connectivity index (χ4v) is 2.49. The van der Waals surface area contributed by atoms with Crippen LogP contribution in [0, 0.1) is 13.8 Å². The van der Waals surface area contributed by atoms with Crippen LogP contribution < -0.4 is 10.5 Å². The molecule has 2 aromatic carbocycles. The third-order valence-corrected chi connectivity index (χ3v) is 3.63. The van der Waals surface area contributed by atoms with Crippen molar-refractivity contribution in [2.24, 2.45) is 0 Å². The zero-order chi connectivity index (χ0) is 15.7. The van der Waals surface area contributed by atoms with Gasteiger partial charge in [-0.2, -0.15) is 4.68 Å². The summed E-state index contributed by atoms with van der Waals surface area (Å²) >= 11 is 0. The van der Waals surface area contributed by atoms with Crippen LogP contribution in [-0.2, 0) is 0 Å². The molecule has 0 unspecified atom stereocenters. The second-order valence-electron chi connectivity index (χ2n) is 5.26. The van der Waals surface area contributed by atoms with Crippen molar-refractivity contribution >= 4 is 5.82 Å². The second kappa shape index (κ2) is 5.52. The third kappa shape index (κ3) is 2.41. The highest BCUT2D eigenvalue weighted by molar-refractivity contribution is 5.72. The molecule has 3 aromatic rings. The predicted molar refractivity (Wildman–Crippen MR) is 87.2 cm³/mol. The molecule has 0 saturated heterocycles. The van der Waals surface area contributed by atoms with Gasteiger partial charge in [-0.15, -0.1) is 5.10 Å². The number of methoxy groups -OCH3 is 1. The standard InChI is InChI=1S/C17H18N4O/c1-11-7-8-15(12(2)9-11)21-17(18)16(19-20-21)13-5-4-6-14(10-13)22-3/h4-10H,18H2,1-3H3. The van der Waals surface area contributed by atoms with E-state index in [9.17, 15) is 0 Å². The lowest BCUT2D eigenvalue weighted by Crippen LogP contribution is -2.04. The predicted octanol–water partition coefficient (Wildman–Crippen LogP) is 3.14. The van der Waals surface area contributed by atoms with E-state index >= 15 is 0 Å². The Bertz CT molecular complexity index is 823. The van der Waals surface area contributed by atoms with E-state index in [-0.39, 0.29) is 0 Å². The van der Waals surface area contributed by atoms with Crippen molar-refractivity contribution in [3.05, 3.63) is 53.6 Å². The number of nitrogens with zero attached hydrogens (tertiary/aromatic N) is 3. The van der Waals surface area contributed by atoms with E-state index in [0.717, 1.165) is 22.6 Å². The molecule has 1 heterocycles. The highest BCUT2D eigenvalue weighted by Crippen LogP contribution is 2.28. The molecule has 0 saturated carbocycles. The zero-order valence-corrected chi connectivity index (χ0v) is 12.9. The van der Waals surface area contributed by atoms with Crippen LogP contribution in [0.25, 0.3) is 16.9 Å². The zero-order valence-electron chi connectivity index (χ0n) is 12.9. The van der Waals surface area contributed by atoms with E-state index in [2.05, 4.69) is 23.3 Å². The molecule has 0 amide bonds. The van der Waals surface area contributed by atoms with Gasteiger partial charge in [0.15, 0.2) is 5.82 Å². The number of nitrogens with two attached hydrogens (primary N) is 1. The molecule has 0 aliphatic carbocycles. The lowest BCUT2D eigenvalue weighted by molar-refractivity contribution is 0.415. The number of aryl methyl sites for hydroxylation is 2. The fraction of sp³-hybridized carbons (Fsp3) is 0.176. The van der Waals surface area contributed by atoms with Crippen molar-refractivity contribution in [1.82, 2.24) is 15.0 Å². The van der Waals surface area contributed by atoms with Gasteiger partial charge in [0, 0.05) is 5.56 Å². The van der Waals surface area contributed by atoms with E-state index in [0.29, 0.717) is 11.5 Å². The van der Waals surface area contributed by atoms with Gasteiger partial charge in [0.25, 0.3) is 0 Å². The Labute approximate surface area is 129 Å². The van der Waals surface area contributed by atoms with Gasteiger partial charge in [0.1, 0.15) is 11.4 Å². The lowest BCUT2D eigenvalue weighted by atomic mass is 10.1. The molecule has 0 atom stereocenters. The summed E-state index contributed by atoms with van der Waals surface area (Å²) in [5.41, 5.74) is 11.0. The Morgan fingerprint density at radius 3 is 2.64 bits per heavy atom. The number of benzene rings is 2. The first-order valence-electron chi connectivity index (χ1n) is 7.03. The topological polar surface area (TPSA) is 66.0 Å². The molecule has 112 valence electrons. The van der Waals surface area contributed by atoms with Gasteiger partial charge in [-0.25, -0.2) is 0 Å². The Kier molecular flexibility index (Phi) is 3.55.